The molecule has 0 fully saturated rings. The van der Waals surface area contributed by atoms with E-state index in [0.29, 0.717) is 11.0 Å². The van der Waals surface area contributed by atoms with E-state index in [-0.39, 0.29) is 26.4 Å². The van der Waals surface area contributed by atoms with Gasteiger partial charge in [-0.2, -0.15) is 4.78 Å². The summed E-state index contributed by atoms with van der Waals surface area (Å²) in [6, 6.07) is 14.1. The largest absolute Gasteiger partial charge is 0.454 e. The van der Waals surface area contributed by atoms with Gasteiger partial charge >= 0.3 is 15.3 Å². The molecule has 0 bridgehead atoms. The van der Waals surface area contributed by atoms with Gasteiger partial charge in [0, 0.05) is 0 Å². The minimum absolute atomic E-state index is 0.183. The van der Waals surface area contributed by atoms with Crippen LogP contribution in [0.3, 0.4) is 0 Å². The lowest BCUT2D eigenvalue weighted by Crippen LogP contribution is -2.28. The number of hydrogen-bond acceptors (Lipinski definition) is 7. The van der Waals surface area contributed by atoms with Gasteiger partial charge in [0.15, 0.2) is 0 Å². The molecule has 174 valence electrons. The van der Waals surface area contributed by atoms with E-state index in [1.165, 1.54) is 4.78 Å². The van der Waals surface area contributed by atoms with E-state index in [4.69, 9.17) is 18.1 Å². The minimum atomic E-state index is -3.80. The van der Waals surface area contributed by atoms with E-state index in [1.807, 2.05) is 24.3 Å². The average Bonchev–Trinajstić information content (AvgIpc) is 3.19. The number of imidazole rings is 1. The molecule has 3 rings (SSSR count). The monoisotopic (exact) mass is 481 g/mol. The molecule has 9 nitrogen and oxygen atoms in total. The Morgan fingerprint density at radius 1 is 0.812 bits per heavy atom. The third kappa shape index (κ3) is 4.99. The Labute approximate surface area is 188 Å². The van der Waals surface area contributed by atoms with Crippen molar-refractivity contribution in [3.05, 3.63) is 54.9 Å². The van der Waals surface area contributed by atoms with Crippen LogP contribution in [0.15, 0.2) is 54.9 Å². The van der Waals surface area contributed by atoms with Crippen LogP contribution in [0.5, 0.6) is 0 Å². The Hall–Kier alpha value is -1.99. The third-order valence-electron chi connectivity index (χ3n) is 4.45. The summed E-state index contributed by atoms with van der Waals surface area (Å²) in [7, 11) is -7.26. The maximum Gasteiger partial charge on any atom is 0.454 e. The second kappa shape index (κ2) is 10.8. The SMILES string of the molecule is CCOP(=O)(OCC)c1ccc(N(n2cnc3ccccc32)P(=O)(OCC)OCC)cc1. The van der Waals surface area contributed by atoms with E-state index in [1.54, 1.807) is 63.0 Å². The van der Waals surface area contributed by atoms with Crippen LogP contribution in [0, 0.1) is 0 Å². The van der Waals surface area contributed by atoms with Crippen LogP contribution in [0.2, 0.25) is 0 Å². The van der Waals surface area contributed by atoms with Crippen molar-refractivity contribution < 1.29 is 27.2 Å². The molecule has 0 amide bonds. The second-order valence-corrected chi connectivity index (χ2v) is 10.4. The number of rotatable bonds is 12. The van der Waals surface area contributed by atoms with Crippen molar-refractivity contribution in [1.82, 2.24) is 9.66 Å². The fourth-order valence-corrected chi connectivity index (χ4v) is 6.56. The molecule has 0 radical (unpaired) electrons. The van der Waals surface area contributed by atoms with E-state index in [2.05, 4.69) is 4.98 Å². The summed E-state index contributed by atoms with van der Waals surface area (Å²) in [5.41, 5.74) is 1.96. The summed E-state index contributed by atoms with van der Waals surface area (Å²) in [5.74, 6) is 0. The highest BCUT2D eigenvalue weighted by molar-refractivity contribution is 7.62. The molecule has 0 atom stereocenters. The van der Waals surface area contributed by atoms with Crippen molar-refractivity contribution >= 4 is 37.4 Å². The molecule has 0 aliphatic carbocycles. The standard InChI is InChI=1S/C21H29N3O6P2/c1-5-27-31(25,28-6-2)19-15-13-18(14-16-19)24(32(26,29-7-3)30-8-4)23-17-22-20-11-9-10-12-21(20)23/h9-17H,5-8H2,1-4H3. The van der Waals surface area contributed by atoms with Gasteiger partial charge in [0.1, 0.15) is 6.33 Å². The first-order chi connectivity index (χ1) is 15.4. The number of benzene rings is 2. The molecule has 2 aromatic carbocycles. The molecule has 11 heteroatoms. The predicted molar refractivity (Wildman–Crippen MR) is 125 cm³/mol. The predicted octanol–water partition coefficient (Wildman–Crippen LogP) is 5.38. The van der Waals surface area contributed by atoms with E-state index in [9.17, 15) is 9.13 Å². The minimum Gasteiger partial charge on any atom is -0.305 e. The summed E-state index contributed by atoms with van der Waals surface area (Å²) in [6.07, 6.45) is 1.56. The number of fused-ring (bicyclic) bond motifs is 1. The fraction of sp³-hybridized carbons (Fsp3) is 0.381. The first kappa shape index (κ1) is 24.6. The van der Waals surface area contributed by atoms with E-state index >= 15 is 0 Å². The lowest BCUT2D eigenvalue weighted by Gasteiger charge is -2.32. The highest BCUT2D eigenvalue weighted by Gasteiger charge is 2.37. The molecule has 1 aromatic heterocycles. The molecule has 0 unspecified atom stereocenters. The molecule has 32 heavy (non-hydrogen) atoms. The molecular weight excluding hydrogens is 452 g/mol. The normalized spacial score (nSPS) is 12.4. The Morgan fingerprint density at radius 2 is 1.38 bits per heavy atom. The van der Waals surface area contributed by atoms with Crippen molar-refractivity contribution in [2.75, 3.05) is 31.2 Å². The van der Waals surface area contributed by atoms with Crippen LogP contribution in [0.1, 0.15) is 27.7 Å². The lowest BCUT2D eigenvalue weighted by molar-refractivity contribution is 0.215. The molecule has 0 saturated heterocycles. The number of nitrogens with zero attached hydrogens (tertiary/aromatic N) is 3. The topological polar surface area (TPSA) is 92.1 Å². The first-order valence-electron chi connectivity index (χ1n) is 10.5. The Morgan fingerprint density at radius 3 is 1.94 bits per heavy atom. The van der Waals surface area contributed by atoms with Crippen LogP contribution < -0.4 is 10.1 Å². The van der Waals surface area contributed by atoms with Crippen molar-refractivity contribution in [1.29, 1.82) is 0 Å². The van der Waals surface area contributed by atoms with Gasteiger partial charge in [-0.05, 0) is 64.1 Å². The Kier molecular flexibility index (Phi) is 8.28. The first-order valence-corrected chi connectivity index (χ1v) is 13.6. The smallest absolute Gasteiger partial charge is 0.305 e. The zero-order valence-corrected chi connectivity index (χ0v) is 20.5. The molecule has 3 aromatic rings. The van der Waals surface area contributed by atoms with Gasteiger partial charge in [-0.15, -0.1) is 0 Å². The maximum atomic E-state index is 13.9. The highest BCUT2D eigenvalue weighted by atomic mass is 31.2. The number of anilines is 1. The van der Waals surface area contributed by atoms with Gasteiger partial charge in [-0.1, -0.05) is 12.1 Å². The van der Waals surface area contributed by atoms with Crippen LogP contribution in [0.25, 0.3) is 11.0 Å². The summed E-state index contributed by atoms with van der Waals surface area (Å²) in [5, 5.41) is 0.406. The van der Waals surface area contributed by atoms with Crippen molar-refractivity contribution in [2.24, 2.45) is 0 Å². The quantitative estimate of drug-likeness (QED) is 0.319. The van der Waals surface area contributed by atoms with Gasteiger partial charge < -0.3 is 9.05 Å². The maximum absolute atomic E-state index is 13.9. The molecule has 0 spiro atoms. The Bertz CT molecular complexity index is 1100. The molecule has 0 aliphatic rings. The van der Waals surface area contributed by atoms with Crippen LogP contribution in [0.4, 0.5) is 5.69 Å². The van der Waals surface area contributed by atoms with E-state index in [0.717, 1.165) is 11.0 Å². The van der Waals surface area contributed by atoms with Crippen molar-refractivity contribution in [2.45, 2.75) is 27.7 Å². The Balaban J connectivity index is 2.14. The summed E-state index contributed by atoms with van der Waals surface area (Å²) >= 11 is 0. The van der Waals surface area contributed by atoms with Gasteiger partial charge in [0.05, 0.1) is 48.5 Å². The van der Waals surface area contributed by atoms with Crippen LogP contribution >= 0.6 is 15.3 Å². The van der Waals surface area contributed by atoms with Gasteiger partial charge in [-0.25, -0.2) is 14.2 Å². The van der Waals surface area contributed by atoms with Crippen molar-refractivity contribution in [3.8, 4) is 0 Å². The molecule has 0 saturated carbocycles. The second-order valence-electron chi connectivity index (χ2n) is 6.52. The molecule has 1 heterocycles. The van der Waals surface area contributed by atoms with Gasteiger partial charge in [0.2, 0.25) is 0 Å². The van der Waals surface area contributed by atoms with Crippen LogP contribution in [-0.2, 0) is 27.2 Å². The lowest BCUT2D eigenvalue weighted by atomic mass is 10.3. The average molecular weight is 481 g/mol. The van der Waals surface area contributed by atoms with Crippen molar-refractivity contribution in [3.63, 3.8) is 0 Å². The summed E-state index contributed by atoms with van der Waals surface area (Å²) < 4.78 is 52.2. The zero-order chi connectivity index (χ0) is 23.2. The number of hydrogen-bond donors (Lipinski definition) is 0. The third-order valence-corrected chi connectivity index (χ3v) is 8.63. The molecule has 0 N–H and O–H groups in total. The van der Waals surface area contributed by atoms with Gasteiger partial charge in [-0.3, -0.25) is 13.6 Å². The van der Waals surface area contributed by atoms with Crippen LogP contribution in [-0.4, -0.2) is 36.1 Å². The number of aromatic nitrogens is 2. The fourth-order valence-electron chi connectivity index (χ4n) is 3.25. The highest BCUT2D eigenvalue weighted by Crippen LogP contribution is 2.55. The number of para-hydroxylation sites is 2. The molecular formula is C21H29N3O6P2. The van der Waals surface area contributed by atoms with E-state index < -0.39 is 15.3 Å². The zero-order valence-electron chi connectivity index (χ0n) is 18.7. The van der Waals surface area contributed by atoms with Gasteiger partial charge in [0.25, 0.3) is 0 Å². The summed E-state index contributed by atoms with van der Waals surface area (Å²) in [6.45, 7) is 7.87. The molecule has 0 aliphatic heterocycles. The summed E-state index contributed by atoms with van der Waals surface area (Å²) in [4.78, 5) is 4.41.